The van der Waals surface area contributed by atoms with Gasteiger partial charge in [0.1, 0.15) is 0 Å². The molecule has 1 heterocycles. The summed E-state index contributed by atoms with van der Waals surface area (Å²) < 4.78 is 1.06. The van der Waals surface area contributed by atoms with E-state index in [1.54, 1.807) is 11.3 Å². The minimum Gasteiger partial charge on any atom is -0.332 e. The Kier molecular flexibility index (Phi) is 3.55. The zero-order valence-electron chi connectivity index (χ0n) is 10.4. The van der Waals surface area contributed by atoms with Crippen molar-refractivity contribution in [3.8, 4) is 6.07 Å². The topological polar surface area (TPSA) is 48.7 Å². The minimum atomic E-state index is 0.430. The normalized spacial score (nSPS) is 10.4. The Hall–Kier alpha value is -2.09. The number of rotatable bonds is 3. The Bertz CT molecular complexity index is 787. The minimum absolute atomic E-state index is 0.430. The molecule has 3 aromatic rings. The summed E-state index contributed by atoms with van der Waals surface area (Å²) in [5.74, 6) is 0. The average molecular weight is 300 g/mol. The smallest absolute Gasteiger partial charge is 0.188 e. The molecular formula is C15H10ClN3S. The molecule has 3 nitrogen and oxygen atoms in total. The molecule has 98 valence electrons. The van der Waals surface area contributed by atoms with Crippen LogP contribution in [0.25, 0.3) is 10.2 Å². The highest BCUT2D eigenvalue weighted by Crippen LogP contribution is 2.30. The second-order valence-corrected chi connectivity index (χ2v) is 5.75. The number of hydrogen-bond acceptors (Lipinski definition) is 4. The quantitative estimate of drug-likeness (QED) is 0.758. The van der Waals surface area contributed by atoms with Crippen LogP contribution in [0.15, 0.2) is 42.5 Å². The predicted molar refractivity (Wildman–Crippen MR) is 83.7 cm³/mol. The first-order valence-corrected chi connectivity index (χ1v) is 7.23. The van der Waals surface area contributed by atoms with Crippen molar-refractivity contribution in [2.45, 2.75) is 6.42 Å². The first-order valence-electron chi connectivity index (χ1n) is 6.03. The Morgan fingerprint density at radius 3 is 2.75 bits per heavy atom. The van der Waals surface area contributed by atoms with Crippen LogP contribution in [0.1, 0.15) is 5.56 Å². The summed E-state index contributed by atoms with van der Waals surface area (Å²) in [4.78, 5) is 4.50. The molecule has 0 unspecified atom stereocenters. The lowest BCUT2D eigenvalue weighted by molar-refractivity contribution is 1.26. The molecule has 2 aromatic carbocycles. The number of halogens is 1. The number of thiazole rings is 1. The fraction of sp³-hybridized carbons (Fsp3) is 0.0667. The molecule has 0 aliphatic carbocycles. The number of aromatic nitrogens is 1. The number of anilines is 2. The van der Waals surface area contributed by atoms with E-state index in [2.05, 4.69) is 16.4 Å². The van der Waals surface area contributed by atoms with Gasteiger partial charge < -0.3 is 5.32 Å². The van der Waals surface area contributed by atoms with Crippen molar-refractivity contribution in [3.63, 3.8) is 0 Å². The molecule has 0 fully saturated rings. The van der Waals surface area contributed by atoms with Gasteiger partial charge in [0, 0.05) is 10.7 Å². The maximum Gasteiger partial charge on any atom is 0.188 e. The summed E-state index contributed by atoms with van der Waals surface area (Å²) in [6.45, 7) is 0. The van der Waals surface area contributed by atoms with Gasteiger partial charge in [0.05, 0.1) is 22.7 Å². The van der Waals surface area contributed by atoms with Gasteiger partial charge in [0.15, 0.2) is 5.13 Å². The van der Waals surface area contributed by atoms with Gasteiger partial charge in [-0.05, 0) is 35.9 Å². The van der Waals surface area contributed by atoms with Crippen LogP contribution in [0, 0.1) is 11.3 Å². The Labute approximate surface area is 125 Å². The van der Waals surface area contributed by atoms with Crippen LogP contribution in [-0.2, 0) is 6.42 Å². The van der Waals surface area contributed by atoms with Crippen molar-refractivity contribution in [2.75, 3.05) is 5.32 Å². The molecule has 3 rings (SSSR count). The molecule has 0 radical (unpaired) electrons. The Morgan fingerprint density at radius 2 is 2.00 bits per heavy atom. The molecule has 0 amide bonds. The third-order valence-corrected chi connectivity index (χ3v) is 4.01. The van der Waals surface area contributed by atoms with Gasteiger partial charge in [0.2, 0.25) is 0 Å². The van der Waals surface area contributed by atoms with E-state index in [9.17, 15) is 0 Å². The maximum atomic E-state index is 8.64. The Morgan fingerprint density at radius 1 is 1.20 bits per heavy atom. The molecular weight excluding hydrogens is 290 g/mol. The van der Waals surface area contributed by atoms with Gasteiger partial charge in [0.25, 0.3) is 0 Å². The van der Waals surface area contributed by atoms with Gasteiger partial charge >= 0.3 is 0 Å². The van der Waals surface area contributed by atoms with Gasteiger partial charge in [-0.3, -0.25) is 0 Å². The fourth-order valence-electron chi connectivity index (χ4n) is 1.87. The van der Waals surface area contributed by atoms with E-state index in [1.807, 2.05) is 42.5 Å². The van der Waals surface area contributed by atoms with Gasteiger partial charge in [-0.2, -0.15) is 5.26 Å². The van der Waals surface area contributed by atoms with E-state index in [4.69, 9.17) is 16.9 Å². The van der Waals surface area contributed by atoms with Crippen LogP contribution >= 0.6 is 22.9 Å². The summed E-state index contributed by atoms with van der Waals surface area (Å²) in [5.41, 5.74) is 2.90. The highest BCUT2D eigenvalue weighted by atomic mass is 35.5. The number of nitrogens with one attached hydrogen (secondary N) is 1. The number of nitrogens with zero attached hydrogens (tertiary/aromatic N) is 2. The van der Waals surface area contributed by atoms with Crippen LogP contribution in [0.2, 0.25) is 5.02 Å². The van der Waals surface area contributed by atoms with Gasteiger partial charge in [-0.15, -0.1) is 0 Å². The van der Waals surface area contributed by atoms with Crippen LogP contribution in [0.5, 0.6) is 0 Å². The van der Waals surface area contributed by atoms with Crippen LogP contribution in [0.3, 0.4) is 0 Å². The fourth-order valence-corrected chi connectivity index (χ4v) is 3.03. The van der Waals surface area contributed by atoms with E-state index in [0.29, 0.717) is 11.4 Å². The first-order chi connectivity index (χ1) is 9.74. The van der Waals surface area contributed by atoms with E-state index in [0.717, 1.165) is 26.6 Å². The van der Waals surface area contributed by atoms with Crippen molar-refractivity contribution in [1.82, 2.24) is 4.98 Å². The monoisotopic (exact) mass is 299 g/mol. The molecule has 0 aliphatic rings. The SMILES string of the molecule is N#CCc1ccc(Nc2nc3ccc(Cl)cc3s2)cc1. The van der Waals surface area contributed by atoms with E-state index in [1.165, 1.54) is 0 Å². The third-order valence-electron chi connectivity index (χ3n) is 2.84. The second kappa shape index (κ2) is 5.49. The molecule has 0 spiro atoms. The number of hydrogen-bond donors (Lipinski definition) is 1. The second-order valence-electron chi connectivity index (χ2n) is 4.29. The molecule has 0 bridgehead atoms. The lowest BCUT2D eigenvalue weighted by Gasteiger charge is -2.02. The number of nitriles is 1. The van der Waals surface area contributed by atoms with Crippen molar-refractivity contribution >= 4 is 44.0 Å². The maximum absolute atomic E-state index is 8.64. The van der Waals surface area contributed by atoms with Gasteiger partial charge in [-0.1, -0.05) is 35.1 Å². The van der Waals surface area contributed by atoms with Crippen molar-refractivity contribution in [2.24, 2.45) is 0 Å². The largest absolute Gasteiger partial charge is 0.332 e. The molecule has 1 aromatic heterocycles. The molecule has 0 atom stereocenters. The van der Waals surface area contributed by atoms with Crippen molar-refractivity contribution < 1.29 is 0 Å². The molecule has 0 saturated carbocycles. The summed E-state index contributed by atoms with van der Waals surface area (Å²) in [6, 6.07) is 15.6. The van der Waals surface area contributed by atoms with Crippen LogP contribution in [-0.4, -0.2) is 4.98 Å². The lowest BCUT2D eigenvalue weighted by atomic mass is 10.1. The average Bonchev–Trinajstić information content (AvgIpc) is 2.82. The van der Waals surface area contributed by atoms with Crippen molar-refractivity contribution in [3.05, 3.63) is 53.1 Å². The summed E-state index contributed by atoms with van der Waals surface area (Å²) in [7, 11) is 0. The highest BCUT2D eigenvalue weighted by molar-refractivity contribution is 7.22. The molecule has 0 saturated heterocycles. The summed E-state index contributed by atoms with van der Waals surface area (Å²) in [5, 5.41) is 13.5. The Balaban J connectivity index is 1.83. The third kappa shape index (κ3) is 2.74. The van der Waals surface area contributed by atoms with Crippen LogP contribution < -0.4 is 5.32 Å². The summed E-state index contributed by atoms with van der Waals surface area (Å²) >= 11 is 7.53. The molecule has 5 heteroatoms. The molecule has 0 aliphatic heterocycles. The van der Waals surface area contributed by atoms with Gasteiger partial charge in [-0.25, -0.2) is 4.98 Å². The van der Waals surface area contributed by atoms with E-state index >= 15 is 0 Å². The van der Waals surface area contributed by atoms with Crippen LogP contribution in [0.4, 0.5) is 10.8 Å². The molecule has 1 N–H and O–H groups in total. The standard InChI is InChI=1S/C15H10ClN3S/c16-11-3-6-13-14(9-11)20-15(19-13)18-12-4-1-10(2-5-12)7-8-17/h1-6,9H,7H2,(H,18,19). The van der Waals surface area contributed by atoms with Crippen molar-refractivity contribution in [1.29, 1.82) is 5.26 Å². The molecule has 20 heavy (non-hydrogen) atoms. The van der Waals surface area contributed by atoms with E-state index < -0.39 is 0 Å². The predicted octanol–water partition coefficient (Wildman–Crippen LogP) is 4.76. The summed E-state index contributed by atoms with van der Waals surface area (Å²) in [6.07, 6.45) is 0.430. The zero-order valence-corrected chi connectivity index (χ0v) is 12.0. The van der Waals surface area contributed by atoms with E-state index in [-0.39, 0.29) is 0 Å². The zero-order chi connectivity index (χ0) is 13.9. The number of fused-ring (bicyclic) bond motifs is 1. The lowest BCUT2D eigenvalue weighted by Crippen LogP contribution is -1.89. The number of benzene rings is 2. The highest BCUT2D eigenvalue weighted by Gasteiger charge is 2.04. The first kappa shape index (κ1) is 12.9.